The highest BCUT2D eigenvalue weighted by Gasteiger charge is 2.10. The molecule has 0 atom stereocenters. The van der Waals surface area contributed by atoms with E-state index in [4.69, 9.17) is 7.05 Å². The van der Waals surface area contributed by atoms with Crippen LogP contribution < -0.4 is 0 Å². The fraction of sp³-hybridized carbons (Fsp3) is 0.857. The van der Waals surface area contributed by atoms with Gasteiger partial charge in [0.2, 0.25) is 0 Å². The second-order valence-corrected chi connectivity index (χ2v) is 2.47. The van der Waals surface area contributed by atoms with Crippen molar-refractivity contribution in [3.05, 3.63) is 7.05 Å². The van der Waals surface area contributed by atoms with Crippen LogP contribution >= 0.6 is 0 Å². The van der Waals surface area contributed by atoms with Gasteiger partial charge in [-0.15, -0.1) is 0 Å². The molecule has 0 N–H and O–H groups in total. The highest BCUT2D eigenvalue weighted by molar-refractivity contribution is 4.69. The molecule has 9 heavy (non-hydrogen) atoms. The van der Waals surface area contributed by atoms with Gasteiger partial charge in [-0.3, -0.25) is 4.90 Å². The van der Waals surface area contributed by atoms with E-state index in [-0.39, 0.29) is 0 Å². The predicted octanol–water partition coefficient (Wildman–Crippen LogP) is 0.292. The van der Waals surface area contributed by atoms with Gasteiger partial charge in [0, 0.05) is 33.2 Å². The van der Waals surface area contributed by atoms with Gasteiger partial charge in [0.05, 0.1) is 0 Å². The van der Waals surface area contributed by atoms with Crippen molar-refractivity contribution in [1.82, 2.24) is 9.80 Å². The highest BCUT2D eigenvalue weighted by atomic mass is 15.2. The van der Waals surface area contributed by atoms with E-state index in [1.807, 2.05) is 4.90 Å². The molecule has 1 heterocycles. The molecule has 2 nitrogen and oxygen atoms in total. The molecule has 1 aliphatic heterocycles. The van der Waals surface area contributed by atoms with E-state index >= 15 is 0 Å². The van der Waals surface area contributed by atoms with Crippen molar-refractivity contribution in [3.63, 3.8) is 0 Å². The third kappa shape index (κ3) is 1.95. The van der Waals surface area contributed by atoms with Crippen LogP contribution in [0, 0.1) is 7.05 Å². The zero-order valence-corrected chi connectivity index (χ0v) is 6.01. The molecule has 0 unspecified atom stereocenters. The molecular formula is C7H14N2. The molecule has 0 aromatic rings. The molecule has 1 saturated heterocycles. The first-order chi connectivity index (χ1) is 4.33. The van der Waals surface area contributed by atoms with Gasteiger partial charge < -0.3 is 4.90 Å². The molecule has 1 fully saturated rings. The Kier molecular flexibility index (Phi) is 2.49. The maximum Gasteiger partial charge on any atom is 0.0439 e. The first kappa shape index (κ1) is 7.03. The molecule has 2 radical (unpaired) electrons. The van der Waals surface area contributed by atoms with Crippen molar-refractivity contribution in [2.75, 3.05) is 32.7 Å². The second kappa shape index (κ2) is 3.18. The van der Waals surface area contributed by atoms with Gasteiger partial charge in [-0.2, -0.15) is 0 Å². The summed E-state index contributed by atoms with van der Waals surface area (Å²) in [6.45, 7) is 7.65. The molecule has 0 spiro atoms. The number of rotatable bonds is 1. The van der Waals surface area contributed by atoms with Crippen molar-refractivity contribution in [3.8, 4) is 0 Å². The minimum atomic E-state index is 1.02. The summed E-state index contributed by atoms with van der Waals surface area (Å²) in [5, 5.41) is 0. The fourth-order valence-corrected chi connectivity index (χ4v) is 1.08. The Hall–Kier alpha value is -0.0800. The summed E-state index contributed by atoms with van der Waals surface area (Å²) < 4.78 is 0. The average molecular weight is 126 g/mol. The first-order valence-electron chi connectivity index (χ1n) is 3.55. The van der Waals surface area contributed by atoms with Crippen LogP contribution in [0.5, 0.6) is 0 Å². The normalized spacial score (nSPS) is 24.7. The van der Waals surface area contributed by atoms with Crippen LogP contribution in [0.1, 0.15) is 6.92 Å². The third-order valence-corrected chi connectivity index (χ3v) is 1.85. The monoisotopic (exact) mass is 126 g/mol. The molecule has 1 rings (SSSR count). The molecular weight excluding hydrogens is 112 g/mol. The van der Waals surface area contributed by atoms with Gasteiger partial charge in [-0.05, 0) is 6.54 Å². The summed E-state index contributed by atoms with van der Waals surface area (Å²) in [7, 11) is 5.56. The summed E-state index contributed by atoms with van der Waals surface area (Å²) in [4.78, 5) is 4.29. The quantitative estimate of drug-likeness (QED) is 0.498. The van der Waals surface area contributed by atoms with E-state index in [0.29, 0.717) is 0 Å². The first-order valence-corrected chi connectivity index (χ1v) is 3.55. The zero-order chi connectivity index (χ0) is 6.69. The van der Waals surface area contributed by atoms with Crippen LogP contribution in [-0.4, -0.2) is 42.5 Å². The SMILES string of the molecule is [CH]N1CCN(CC)CC1. The number of piperazine rings is 1. The standard InChI is InChI=1S/C7H14N2/c1-3-9-6-4-8(2)5-7-9/h2H,3-7H2,1H3. The van der Waals surface area contributed by atoms with E-state index in [0.717, 1.165) is 32.7 Å². The third-order valence-electron chi connectivity index (χ3n) is 1.85. The Morgan fingerprint density at radius 1 is 1.22 bits per heavy atom. The van der Waals surface area contributed by atoms with Crippen molar-refractivity contribution in [2.45, 2.75) is 6.92 Å². The van der Waals surface area contributed by atoms with Crippen LogP contribution in [0.3, 0.4) is 0 Å². The van der Waals surface area contributed by atoms with Gasteiger partial charge in [0.1, 0.15) is 0 Å². The highest BCUT2D eigenvalue weighted by Crippen LogP contribution is 1.97. The van der Waals surface area contributed by atoms with E-state index in [1.165, 1.54) is 0 Å². The van der Waals surface area contributed by atoms with Crippen molar-refractivity contribution in [1.29, 1.82) is 0 Å². The lowest BCUT2D eigenvalue weighted by atomic mass is 10.3. The Bertz CT molecular complexity index is 75.0. The van der Waals surface area contributed by atoms with Gasteiger partial charge in [-0.25, -0.2) is 0 Å². The van der Waals surface area contributed by atoms with Gasteiger partial charge in [0.25, 0.3) is 0 Å². The lowest BCUT2D eigenvalue weighted by Crippen LogP contribution is -2.43. The Balaban J connectivity index is 2.18. The Labute approximate surface area is 57.4 Å². The van der Waals surface area contributed by atoms with E-state index in [9.17, 15) is 0 Å². The van der Waals surface area contributed by atoms with E-state index < -0.39 is 0 Å². The minimum absolute atomic E-state index is 1.02. The lowest BCUT2D eigenvalue weighted by molar-refractivity contribution is 0.173. The van der Waals surface area contributed by atoms with Crippen LogP contribution in [0.4, 0.5) is 0 Å². The maximum atomic E-state index is 5.56. The molecule has 0 saturated carbocycles. The topological polar surface area (TPSA) is 6.48 Å². The Morgan fingerprint density at radius 3 is 2.22 bits per heavy atom. The van der Waals surface area contributed by atoms with E-state index in [2.05, 4.69) is 11.8 Å². The number of hydrogen-bond acceptors (Lipinski definition) is 2. The summed E-state index contributed by atoms with van der Waals surface area (Å²) in [6.07, 6.45) is 0. The summed E-state index contributed by atoms with van der Waals surface area (Å²) in [5.74, 6) is 0. The molecule has 0 amide bonds. The van der Waals surface area contributed by atoms with Crippen LogP contribution in [0.25, 0.3) is 0 Å². The van der Waals surface area contributed by atoms with Crippen LogP contribution in [0.15, 0.2) is 0 Å². The average Bonchev–Trinajstić information content (AvgIpc) is 1.90. The number of nitrogens with zero attached hydrogens (tertiary/aromatic N) is 2. The van der Waals surface area contributed by atoms with Gasteiger partial charge in [-0.1, -0.05) is 6.92 Å². The predicted molar refractivity (Wildman–Crippen MR) is 38.0 cm³/mol. The van der Waals surface area contributed by atoms with Crippen LogP contribution in [0.2, 0.25) is 0 Å². The van der Waals surface area contributed by atoms with Crippen molar-refractivity contribution < 1.29 is 0 Å². The minimum Gasteiger partial charge on any atom is -0.301 e. The van der Waals surface area contributed by atoms with Crippen molar-refractivity contribution in [2.24, 2.45) is 0 Å². The molecule has 0 aliphatic carbocycles. The summed E-state index contributed by atoms with van der Waals surface area (Å²) in [5.41, 5.74) is 0. The van der Waals surface area contributed by atoms with Crippen molar-refractivity contribution >= 4 is 0 Å². The molecule has 0 aromatic carbocycles. The number of likely N-dealkylation sites (N-methyl/N-ethyl adjacent to an activating group) is 1. The Morgan fingerprint density at radius 2 is 1.78 bits per heavy atom. The summed E-state index contributed by atoms with van der Waals surface area (Å²) in [6, 6.07) is 0. The zero-order valence-electron chi connectivity index (χ0n) is 6.01. The lowest BCUT2D eigenvalue weighted by Gasteiger charge is -2.30. The molecule has 2 heteroatoms. The molecule has 0 aromatic heterocycles. The van der Waals surface area contributed by atoms with Gasteiger partial charge in [0.15, 0.2) is 0 Å². The molecule has 52 valence electrons. The summed E-state index contributed by atoms with van der Waals surface area (Å²) >= 11 is 0. The smallest absolute Gasteiger partial charge is 0.0439 e. The van der Waals surface area contributed by atoms with E-state index in [1.54, 1.807) is 0 Å². The molecule has 1 aliphatic rings. The maximum absolute atomic E-state index is 5.56. The molecule has 0 bridgehead atoms. The fourth-order valence-electron chi connectivity index (χ4n) is 1.08. The van der Waals surface area contributed by atoms with Gasteiger partial charge >= 0.3 is 0 Å². The largest absolute Gasteiger partial charge is 0.301 e. The van der Waals surface area contributed by atoms with Crippen LogP contribution in [-0.2, 0) is 0 Å². The number of hydrogen-bond donors (Lipinski definition) is 0. The second-order valence-electron chi connectivity index (χ2n) is 2.47.